The van der Waals surface area contributed by atoms with E-state index >= 15 is 0 Å². The summed E-state index contributed by atoms with van der Waals surface area (Å²) in [6.07, 6.45) is 0.185. The summed E-state index contributed by atoms with van der Waals surface area (Å²) in [5.41, 5.74) is 0.824. The molecule has 3 aromatic carbocycles. The van der Waals surface area contributed by atoms with Gasteiger partial charge in [0.15, 0.2) is 0 Å². The highest BCUT2D eigenvalue weighted by Gasteiger charge is 2.26. The Kier molecular flexibility index (Phi) is 5.89. The summed E-state index contributed by atoms with van der Waals surface area (Å²) < 4.78 is 7.66. The molecule has 0 fully saturated rings. The molecule has 0 radical (unpaired) electrons. The molecule has 1 N–H and O–H groups in total. The van der Waals surface area contributed by atoms with Gasteiger partial charge in [-0.2, -0.15) is 0 Å². The fraction of sp³-hybridized carbons (Fsp3) is 0.160. The number of carbonyl (C=O) groups is 1. The number of amides is 1. The van der Waals surface area contributed by atoms with E-state index in [1.54, 1.807) is 55.6 Å². The van der Waals surface area contributed by atoms with Gasteiger partial charge in [0.25, 0.3) is 5.56 Å². The number of nitrogens with zero attached hydrogens (tertiary/aromatic N) is 2. The number of para-hydroxylation sites is 1. The largest absolute Gasteiger partial charge is 0.497 e. The maximum absolute atomic E-state index is 13.4. The molecule has 0 spiro atoms. The van der Waals surface area contributed by atoms with Crippen molar-refractivity contribution in [2.45, 2.75) is 12.5 Å². The lowest BCUT2D eigenvalue weighted by atomic mass is 10.0. The highest BCUT2D eigenvalue weighted by molar-refractivity contribution is 5.94. The predicted octanol–water partition coefficient (Wildman–Crippen LogP) is 3.13. The molecule has 1 amide bonds. The van der Waals surface area contributed by atoms with Crippen molar-refractivity contribution in [1.82, 2.24) is 9.13 Å². The van der Waals surface area contributed by atoms with E-state index < -0.39 is 23.2 Å². The molecule has 7 nitrogen and oxygen atoms in total. The topological polar surface area (TPSA) is 82.3 Å². The minimum Gasteiger partial charge on any atom is -0.497 e. The Balaban J connectivity index is 1.84. The van der Waals surface area contributed by atoms with Gasteiger partial charge in [-0.25, -0.2) is 9.36 Å². The maximum atomic E-state index is 13.4. The molecule has 1 atom stereocenters. The zero-order chi connectivity index (χ0) is 22.7. The number of benzene rings is 3. The van der Waals surface area contributed by atoms with Gasteiger partial charge in [0.05, 0.1) is 18.0 Å². The van der Waals surface area contributed by atoms with Crippen molar-refractivity contribution in [2.75, 3.05) is 12.4 Å². The smallest absolute Gasteiger partial charge is 0.331 e. The van der Waals surface area contributed by atoms with Crippen LogP contribution in [0.15, 0.2) is 88.5 Å². The predicted molar refractivity (Wildman–Crippen MR) is 124 cm³/mol. The van der Waals surface area contributed by atoms with E-state index in [0.29, 0.717) is 22.3 Å². The molecule has 0 aliphatic carbocycles. The molecule has 4 aromatic rings. The number of rotatable bonds is 6. The van der Waals surface area contributed by atoms with Crippen LogP contribution in [-0.4, -0.2) is 22.2 Å². The summed E-state index contributed by atoms with van der Waals surface area (Å²) in [5, 5.41) is 3.21. The quantitative estimate of drug-likeness (QED) is 0.511. The van der Waals surface area contributed by atoms with Gasteiger partial charge in [-0.15, -0.1) is 0 Å². The lowest BCUT2D eigenvalue weighted by molar-refractivity contribution is -0.119. The van der Waals surface area contributed by atoms with Crippen LogP contribution in [-0.2, 0) is 18.3 Å². The second-order valence-corrected chi connectivity index (χ2v) is 7.46. The Labute approximate surface area is 184 Å². The normalized spacial score (nSPS) is 11.8. The van der Waals surface area contributed by atoms with E-state index in [2.05, 4.69) is 5.32 Å². The summed E-state index contributed by atoms with van der Waals surface area (Å²) in [6, 6.07) is 22.1. The Morgan fingerprint density at radius 3 is 2.44 bits per heavy atom. The second-order valence-electron chi connectivity index (χ2n) is 7.46. The second kappa shape index (κ2) is 8.93. The minimum absolute atomic E-state index is 0.185. The zero-order valence-corrected chi connectivity index (χ0v) is 17.8. The van der Waals surface area contributed by atoms with E-state index in [1.165, 1.54) is 11.7 Å². The number of ether oxygens (including phenoxy) is 1. The van der Waals surface area contributed by atoms with E-state index in [4.69, 9.17) is 4.74 Å². The SMILES string of the molecule is COc1cccc(NC(=O)[C@H](Cc2ccccc2)n2c(=O)c3ccccc3n(C)c2=O)c1. The molecule has 7 heteroatoms. The van der Waals surface area contributed by atoms with E-state index in [1.807, 2.05) is 30.3 Å². The number of nitrogens with one attached hydrogen (secondary N) is 1. The fourth-order valence-electron chi connectivity index (χ4n) is 3.77. The molecule has 0 aliphatic rings. The summed E-state index contributed by atoms with van der Waals surface area (Å²) in [5.74, 6) is 0.123. The monoisotopic (exact) mass is 429 g/mol. The van der Waals surface area contributed by atoms with Crippen LogP contribution >= 0.6 is 0 Å². The van der Waals surface area contributed by atoms with Gasteiger partial charge in [0, 0.05) is 25.2 Å². The molecular weight excluding hydrogens is 406 g/mol. The summed E-state index contributed by atoms with van der Waals surface area (Å²) in [4.78, 5) is 40.0. The van der Waals surface area contributed by atoms with Gasteiger partial charge in [-0.05, 0) is 29.8 Å². The average molecular weight is 429 g/mol. The van der Waals surface area contributed by atoms with Crippen molar-refractivity contribution in [3.8, 4) is 5.75 Å². The Bertz CT molecular complexity index is 1390. The molecule has 32 heavy (non-hydrogen) atoms. The number of aryl methyl sites for hydroxylation is 1. The standard InChI is InChI=1S/C25H23N3O4/c1-27-21-14-7-6-13-20(21)24(30)28(25(27)31)22(15-17-9-4-3-5-10-17)23(29)26-18-11-8-12-19(16-18)32-2/h3-14,16,22H,15H2,1-2H3,(H,26,29)/t22-/m0/s1. The van der Waals surface area contributed by atoms with Crippen LogP contribution in [0.5, 0.6) is 5.75 Å². The number of carbonyl (C=O) groups excluding carboxylic acids is 1. The number of methoxy groups -OCH3 is 1. The highest BCUT2D eigenvalue weighted by Crippen LogP contribution is 2.20. The first-order chi connectivity index (χ1) is 15.5. The molecule has 0 bridgehead atoms. The molecule has 0 saturated heterocycles. The lowest BCUT2D eigenvalue weighted by Gasteiger charge is -2.21. The van der Waals surface area contributed by atoms with Crippen LogP contribution in [0.2, 0.25) is 0 Å². The number of anilines is 1. The highest BCUT2D eigenvalue weighted by atomic mass is 16.5. The number of fused-ring (bicyclic) bond motifs is 1. The maximum Gasteiger partial charge on any atom is 0.331 e. The van der Waals surface area contributed by atoms with Gasteiger partial charge in [-0.1, -0.05) is 48.5 Å². The molecule has 0 saturated carbocycles. The molecule has 4 rings (SSSR count). The van der Waals surface area contributed by atoms with Gasteiger partial charge in [-0.3, -0.25) is 14.2 Å². The first kappa shape index (κ1) is 21.1. The average Bonchev–Trinajstić information content (AvgIpc) is 2.83. The Morgan fingerprint density at radius 2 is 1.69 bits per heavy atom. The summed E-state index contributed by atoms with van der Waals surface area (Å²) in [6.45, 7) is 0. The first-order valence-electron chi connectivity index (χ1n) is 10.2. The van der Waals surface area contributed by atoms with E-state index in [-0.39, 0.29) is 6.42 Å². The van der Waals surface area contributed by atoms with Gasteiger partial charge in [0.2, 0.25) is 5.91 Å². The van der Waals surface area contributed by atoms with Crippen LogP contribution in [0.4, 0.5) is 5.69 Å². The Hall–Kier alpha value is -4.13. The number of hydrogen-bond acceptors (Lipinski definition) is 4. The third-order valence-electron chi connectivity index (χ3n) is 5.43. The molecule has 0 aliphatic heterocycles. The third-order valence-corrected chi connectivity index (χ3v) is 5.43. The van der Waals surface area contributed by atoms with Crippen LogP contribution in [0.25, 0.3) is 10.9 Å². The Morgan fingerprint density at radius 1 is 0.969 bits per heavy atom. The van der Waals surface area contributed by atoms with E-state index in [9.17, 15) is 14.4 Å². The zero-order valence-electron chi connectivity index (χ0n) is 17.8. The fourth-order valence-corrected chi connectivity index (χ4v) is 3.77. The lowest BCUT2D eigenvalue weighted by Crippen LogP contribution is -2.45. The molecule has 0 unspecified atom stereocenters. The molecule has 1 heterocycles. The van der Waals surface area contributed by atoms with Crippen LogP contribution in [0, 0.1) is 0 Å². The summed E-state index contributed by atoms with van der Waals surface area (Å²) in [7, 11) is 3.14. The van der Waals surface area contributed by atoms with Crippen LogP contribution in [0.3, 0.4) is 0 Å². The number of aromatic nitrogens is 2. The van der Waals surface area contributed by atoms with Crippen molar-refractivity contribution < 1.29 is 9.53 Å². The van der Waals surface area contributed by atoms with Gasteiger partial charge >= 0.3 is 5.69 Å². The summed E-state index contributed by atoms with van der Waals surface area (Å²) >= 11 is 0. The van der Waals surface area contributed by atoms with Crippen molar-refractivity contribution in [3.05, 3.63) is 105 Å². The molecular formula is C25H23N3O4. The molecule has 1 aromatic heterocycles. The van der Waals surface area contributed by atoms with Crippen molar-refractivity contribution >= 4 is 22.5 Å². The van der Waals surface area contributed by atoms with Gasteiger partial charge < -0.3 is 10.1 Å². The third kappa shape index (κ3) is 4.05. The van der Waals surface area contributed by atoms with Crippen molar-refractivity contribution in [2.24, 2.45) is 7.05 Å². The van der Waals surface area contributed by atoms with E-state index in [0.717, 1.165) is 10.1 Å². The van der Waals surface area contributed by atoms with Crippen LogP contribution in [0.1, 0.15) is 11.6 Å². The molecule has 162 valence electrons. The van der Waals surface area contributed by atoms with Crippen molar-refractivity contribution in [1.29, 1.82) is 0 Å². The minimum atomic E-state index is -1.04. The van der Waals surface area contributed by atoms with Gasteiger partial charge in [0.1, 0.15) is 11.8 Å². The number of hydrogen-bond donors (Lipinski definition) is 1. The van der Waals surface area contributed by atoms with Crippen molar-refractivity contribution in [3.63, 3.8) is 0 Å². The first-order valence-corrected chi connectivity index (χ1v) is 10.2. The van der Waals surface area contributed by atoms with Crippen LogP contribution < -0.4 is 21.3 Å².